The van der Waals surface area contributed by atoms with Crippen LogP contribution in [0.2, 0.25) is 5.02 Å². The van der Waals surface area contributed by atoms with E-state index in [1.54, 1.807) is 31.2 Å². The largest absolute Gasteiger partial charge is 0.305 e. The molecule has 1 N–H and O–H groups in total. The summed E-state index contributed by atoms with van der Waals surface area (Å²) in [5, 5.41) is 8.25. The molecule has 3 nitrogen and oxygen atoms in total. The molecule has 0 aliphatic carbocycles. The molecule has 74 valence electrons. The van der Waals surface area contributed by atoms with Gasteiger partial charge in [0.25, 0.3) is 0 Å². The summed E-state index contributed by atoms with van der Waals surface area (Å²) in [5.74, 6) is 0. The zero-order valence-corrected chi connectivity index (χ0v) is 8.97. The zero-order chi connectivity index (χ0) is 10.7. The summed E-state index contributed by atoms with van der Waals surface area (Å²) in [5.41, 5.74) is 1.28. The highest BCUT2D eigenvalue weighted by Crippen LogP contribution is 2.24. The average Bonchev–Trinajstić information content (AvgIpc) is 2.09. The Morgan fingerprint density at radius 1 is 1.64 bits per heavy atom. The quantitative estimate of drug-likeness (QED) is 0.793. The number of hydrogen-bond acceptors (Lipinski definition) is 2. The molecule has 0 aliphatic heterocycles. The topological polar surface area (TPSA) is 61.1 Å². The first kappa shape index (κ1) is 11.2. The first-order valence-electron chi connectivity index (χ1n) is 3.81. The van der Waals surface area contributed by atoms with Crippen molar-refractivity contribution in [2.75, 3.05) is 0 Å². The van der Waals surface area contributed by atoms with E-state index in [1.807, 2.05) is 0 Å². The minimum atomic E-state index is -2.18. The Bertz CT molecular complexity index is 414. The van der Waals surface area contributed by atoms with Gasteiger partial charge in [-0.15, -0.1) is 0 Å². The minimum absolute atomic E-state index is 0.540. The Morgan fingerprint density at radius 3 is 2.71 bits per heavy atom. The number of nitrogens with zero attached hydrogens (tertiary/aromatic N) is 1. The second-order valence-corrected chi connectivity index (χ2v) is 4.25. The fraction of sp³-hybridized carbons (Fsp3) is 0.222. The van der Waals surface area contributed by atoms with E-state index in [2.05, 4.69) is 0 Å². The molecule has 0 spiro atoms. The molecule has 0 bridgehead atoms. The van der Waals surface area contributed by atoms with E-state index in [0.717, 1.165) is 5.56 Å². The first-order chi connectivity index (χ1) is 6.56. The third-order valence-corrected chi connectivity index (χ3v) is 2.83. The van der Waals surface area contributed by atoms with E-state index in [4.69, 9.17) is 21.4 Å². The van der Waals surface area contributed by atoms with E-state index in [0.29, 0.717) is 10.6 Å². The van der Waals surface area contributed by atoms with Crippen LogP contribution in [0.3, 0.4) is 0 Å². The number of rotatable bonds is 2. The molecule has 14 heavy (non-hydrogen) atoms. The van der Waals surface area contributed by atoms with E-state index in [9.17, 15) is 4.21 Å². The third kappa shape index (κ3) is 2.32. The molecule has 1 rings (SSSR count). The maximum atomic E-state index is 10.8. The zero-order valence-electron chi connectivity index (χ0n) is 7.40. The van der Waals surface area contributed by atoms with Gasteiger partial charge in [0.1, 0.15) is 0 Å². The molecule has 2 unspecified atom stereocenters. The van der Waals surface area contributed by atoms with Crippen LogP contribution in [0.1, 0.15) is 16.4 Å². The van der Waals surface area contributed by atoms with Crippen LogP contribution in [0.4, 0.5) is 0 Å². The molecular formula is C9H8ClNO2S. The number of hydrogen-bond donors (Lipinski definition) is 1. The van der Waals surface area contributed by atoms with Gasteiger partial charge < -0.3 is 4.55 Å². The molecule has 0 saturated carbocycles. The highest BCUT2D eigenvalue weighted by molar-refractivity contribution is 7.79. The Morgan fingerprint density at radius 2 is 2.29 bits per heavy atom. The van der Waals surface area contributed by atoms with Gasteiger partial charge in [-0.2, -0.15) is 5.26 Å². The summed E-state index contributed by atoms with van der Waals surface area (Å²) < 4.78 is 19.7. The van der Waals surface area contributed by atoms with Crippen LogP contribution < -0.4 is 0 Å². The predicted molar refractivity (Wildman–Crippen MR) is 55.3 cm³/mol. The normalized spacial score (nSPS) is 14.4. The molecule has 0 saturated heterocycles. The van der Waals surface area contributed by atoms with E-state index < -0.39 is 16.3 Å². The van der Waals surface area contributed by atoms with Gasteiger partial charge in [-0.05, 0) is 30.2 Å². The maximum absolute atomic E-state index is 10.8. The number of nitriles is 1. The van der Waals surface area contributed by atoms with Crippen molar-refractivity contribution in [3.63, 3.8) is 0 Å². The monoisotopic (exact) mass is 229 g/mol. The van der Waals surface area contributed by atoms with Crippen molar-refractivity contribution in [3.05, 3.63) is 34.3 Å². The Hall–Kier alpha value is -0.890. The summed E-state index contributed by atoms with van der Waals surface area (Å²) in [7, 11) is 0. The minimum Gasteiger partial charge on any atom is -0.305 e. The van der Waals surface area contributed by atoms with Gasteiger partial charge >= 0.3 is 0 Å². The lowest BCUT2D eigenvalue weighted by molar-refractivity contribution is 0.558. The van der Waals surface area contributed by atoms with Gasteiger partial charge in [-0.1, -0.05) is 17.7 Å². The summed E-state index contributed by atoms with van der Waals surface area (Å²) in [6, 6.07) is 6.64. The molecule has 0 fully saturated rings. The summed E-state index contributed by atoms with van der Waals surface area (Å²) in [6.45, 7) is 1.75. The lowest BCUT2D eigenvalue weighted by Gasteiger charge is -2.08. The van der Waals surface area contributed by atoms with Crippen molar-refractivity contribution in [1.82, 2.24) is 0 Å². The predicted octanol–water partition coefficient (Wildman–Crippen LogP) is 2.43. The Kier molecular flexibility index (Phi) is 3.64. The lowest BCUT2D eigenvalue weighted by atomic mass is 10.1. The van der Waals surface area contributed by atoms with Crippen molar-refractivity contribution < 1.29 is 8.76 Å². The van der Waals surface area contributed by atoms with Crippen LogP contribution in [0.5, 0.6) is 0 Å². The van der Waals surface area contributed by atoms with Crippen molar-refractivity contribution >= 4 is 22.7 Å². The summed E-state index contributed by atoms with van der Waals surface area (Å²) in [4.78, 5) is 0. The standard InChI is InChI=1S/C9H8ClNO2S/c1-6-4-7(10)2-3-8(6)9(5-11)14(12)13/h2-4,9H,1H3,(H,12,13). The van der Waals surface area contributed by atoms with Crippen LogP contribution in [0.25, 0.3) is 0 Å². The first-order valence-corrected chi connectivity index (χ1v) is 5.36. The van der Waals surface area contributed by atoms with Crippen LogP contribution in [-0.4, -0.2) is 8.76 Å². The fourth-order valence-electron chi connectivity index (χ4n) is 1.16. The number of benzene rings is 1. The molecule has 0 heterocycles. The smallest absolute Gasteiger partial charge is 0.175 e. The second kappa shape index (κ2) is 4.56. The van der Waals surface area contributed by atoms with Crippen LogP contribution in [0, 0.1) is 18.3 Å². The van der Waals surface area contributed by atoms with E-state index >= 15 is 0 Å². The van der Waals surface area contributed by atoms with Crippen LogP contribution in [-0.2, 0) is 11.1 Å². The molecule has 1 aromatic carbocycles. The van der Waals surface area contributed by atoms with Gasteiger partial charge in [0.2, 0.25) is 0 Å². The maximum Gasteiger partial charge on any atom is 0.175 e. The third-order valence-electron chi connectivity index (χ3n) is 1.83. The molecule has 0 amide bonds. The van der Waals surface area contributed by atoms with Gasteiger partial charge in [-0.3, -0.25) is 0 Å². The van der Waals surface area contributed by atoms with Gasteiger partial charge in [0, 0.05) is 5.02 Å². The van der Waals surface area contributed by atoms with Gasteiger partial charge in [-0.25, -0.2) is 4.21 Å². The van der Waals surface area contributed by atoms with E-state index in [-0.39, 0.29) is 0 Å². The van der Waals surface area contributed by atoms with Crippen molar-refractivity contribution in [2.45, 2.75) is 12.2 Å². The molecule has 1 aromatic rings. The number of halogens is 1. The summed E-state index contributed by atoms with van der Waals surface area (Å²) in [6.07, 6.45) is 0. The van der Waals surface area contributed by atoms with Crippen LogP contribution >= 0.6 is 11.6 Å². The molecule has 0 aromatic heterocycles. The SMILES string of the molecule is Cc1cc(Cl)ccc1C(C#N)S(=O)O. The van der Waals surface area contributed by atoms with Gasteiger partial charge in [0.15, 0.2) is 16.3 Å². The highest BCUT2D eigenvalue weighted by atomic mass is 35.5. The average molecular weight is 230 g/mol. The Balaban J connectivity index is 3.19. The molecule has 2 atom stereocenters. The van der Waals surface area contributed by atoms with Crippen molar-refractivity contribution in [2.24, 2.45) is 0 Å². The highest BCUT2D eigenvalue weighted by Gasteiger charge is 2.18. The fourth-order valence-corrected chi connectivity index (χ4v) is 1.96. The number of aryl methyl sites for hydroxylation is 1. The Labute approximate surface area is 89.6 Å². The van der Waals surface area contributed by atoms with Crippen LogP contribution in [0.15, 0.2) is 18.2 Å². The van der Waals surface area contributed by atoms with Gasteiger partial charge in [0.05, 0.1) is 6.07 Å². The molecule has 0 radical (unpaired) electrons. The molecular weight excluding hydrogens is 222 g/mol. The second-order valence-electron chi connectivity index (χ2n) is 2.79. The molecule has 5 heteroatoms. The van der Waals surface area contributed by atoms with E-state index in [1.165, 1.54) is 0 Å². The lowest BCUT2D eigenvalue weighted by Crippen LogP contribution is -2.04. The van der Waals surface area contributed by atoms with Crippen molar-refractivity contribution in [3.8, 4) is 6.07 Å². The van der Waals surface area contributed by atoms with Crippen molar-refractivity contribution in [1.29, 1.82) is 5.26 Å². The summed E-state index contributed by atoms with van der Waals surface area (Å²) >= 11 is 3.55. The molecule has 0 aliphatic rings.